The number of nitrogens with one attached hydrogen (secondary N) is 1. The normalized spacial score (nSPS) is 36.6. The molecule has 94 valence electrons. The number of aliphatic hydroxyl groups is 1. The summed E-state index contributed by atoms with van der Waals surface area (Å²) in [4.78, 5) is 2.58. The van der Waals surface area contributed by atoms with Crippen LogP contribution < -0.4 is 5.32 Å². The molecule has 3 nitrogen and oxygen atoms in total. The van der Waals surface area contributed by atoms with Crippen LogP contribution in [0, 0.1) is 0 Å². The number of hydrogen-bond donors (Lipinski definition) is 2. The van der Waals surface area contributed by atoms with Crippen LogP contribution >= 0.6 is 0 Å². The van der Waals surface area contributed by atoms with Gasteiger partial charge in [0.15, 0.2) is 0 Å². The van der Waals surface area contributed by atoms with Crippen LogP contribution in [0.15, 0.2) is 0 Å². The minimum absolute atomic E-state index is 0.143. The second-order valence-corrected chi connectivity index (χ2v) is 5.66. The number of rotatable bonds is 5. The van der Waals surface area contributed by atoms with Crippen molar-refractivity contribution in [1.82, 2.24) is 10.2 Å². The summed E-state index contributed by atoms with van der Waals surface area (Å²) in [5.74, 6) is 0. The first-order valence-corrected chi connectivity index (χ1v) is 6.80. The van der Waals surface area contributed by atoms with Crippen molar-refractivity contribution in [2.24, 2.45) is 0 Å². The van der Waals surface area contributed by atoms with Crippen LogP contribution in [0.25, 0.3) is 0 Å². The van der Waals surface area contributed by atoms with Crippen LogP contribution in [0.5, 0.6) is 0 Å². The molecule has 16 heavy (non-hydrogen) atoms. The molecule has 3 atom stereocenters. The van der Waals surface area contributed by atoms with Gasteiger partial charge in [-0.15, -0.1) is 0 Å². The minimum atomic E-state index is -0.143. The molecule has 2 saturated heterocycles. The van der Waals surface area contributed by atoms with E-state index < -0.39 is 0 Å². The van der Waals surface area contributed by atoms with Crippen LogP contribution in [-0.2, 0) is 0 Å². The van der Waals surface area contributed by atoms with Gasteiger partial charge in [0.25, 0.3) is 0 Å². The summed E-state index contributed by atoms with van der Waals surface area (Å²) >= 11 is 0. The Balaban J connectivity index is 1.65. The molecule has 0 radical (unpaired) electrons. The molecule has 2 aliphatic heterocycles. The van der Waals surface area contributed by atoms with E-state index in [2.05, 4.69) is 17.3 Å². The van der Waals surface area contributed by atoms with Crippen molar-refractivity contribution in [1.29, 1.82) is 0 Å². The van der Waals surface area contributed by atoms with Gasteiger partial charge >= 0.3 is 0 Å². The third-order valence-corrected chi connectivity index (χ3v) is 4.33. The summed E-state index contributed by atoms with van der Waals surface area (Å²) in [6.07, 6.45) is 7.31. The topological polar surface area (TPSA) is 35.5 Å². The van der Waals surface area contributed by atoms with E-state index in [0.29, 0.717) is 0 Å². The van der Waals surface area contributed by atoms with Crippen molar-refractivity contribution in [3.63, 3.8) is 0 Å². The third-order valence-electron chi connectivity index (χ3n) is 4.33. The highest BCUT2D eigenvalue weighted by Crippen LogP contribution is 2.34. The lowest BCUT2D eigenvalue weighted by atomic mass is 9.98. The highest BCUT2D eigenvalue weighted by molar-refractivity contribution is 4.95. The van der Waals surface area contributed by atoms with E-state index in [-0.39, 0.29) is 6.10 Å². The van der Waals surface area contributed by atoms with Crippen LogP contribution in [0.4, 0.5) is 0 Å². The predicted molar refractivity (Wildman–Crippen MR) is 66.5 cm³/mol. The molecule has 0 aromatic heterocycles. The van der Waals surface area contributed by atoms with Crippen molar-refractivity contribution in [3.05, 3.63) is 0 Å². The lowest BCUT2D eigenvalue weighted by molar-refractivity contribution is 0.146. The quantitative estimate of drug-likeness (QED) is 0.695. The third kappa shape index (κ3) is 2.96. The lowest BCUT2D eigenvalue weighted by Crippen LogP contribution is -2.47. The average Bonchev–Trinajstić information content (AvgIpc) is 2.50. The SMILES string of the molecule is CC(O)CCCNC1CC2CCC(C1)N2C. The van der Waals surface area contributed by atoms with E-state index in [1.807, 2.05) is 6.92 Å². The second-order valence-electron chi connectivity index (χ2n) is 5.66. The molecule has 3 unspecified atom stereocenters. The molecule has 2 aliphatic rings. The molecule has 2 heterocycles. The first-order chi connectivity index (χ1) is 7.66. The summed E-state index contributed by atoms with van der Waals surface area (Å²) in [5, 5.41) is 12.8. The zero-order valence-corrected chi connectivity index (χ0v) is 10.7. The fraction of sp³-hybridized carbons (Fsp3) is 1.00. The maximum absolute atomic E-state index is 9.18. The number of hydrogen-bond acceptors (Lipinski definition) is 3. The maximum atomic E-state index is 9.18. The van der Waals surface area contributed by atoms with E-state index >= 15 is 0 Å². The van der Waals surface area contributed by atoms with E-state index in [4.69, 9.17) is 0 Å². The summed E-state index contributed by atoms with van der Waals surface area (Å²) < 4.78 is 0. The van der Waals surface area contributed by atoms with Crippen molar-refractivity contribution < 1.29 is 5.11 Å². The molecular weight excluding hydrogens is 200 g/mol. The van der Waals surface area contributed by atoms with E-state index in [1.165, 1.54) is 25.7 Å². The van der Waals surface area contributed by atoms with Crippen LogP contribution in [-0.4, -0.2) is 47.8 Å². The van der Waals surface area contributed by atoms with Gasteiger partial charge in [0.1, 0.15) is 0 Å². The number of aliphatic hydroxyl groups excluding tert-OH is 1. The molecule has 2 fully saturated rings. The van der Waals surface area contributed by atoms with Gasteiger partial charge in [-0.3, -0.25) is 0 Å². The van der Waals surface area contributed by atoms with Crippen molar-refractivity contribution >= 4 is 0 Å². The monoisotopic (exact) mass is 226 g/mol. The molecule has 2 rings (SSSR count). The maximum Gasteiger partial charge on any atom is 0.0512 e. The summed E-state index contributed by atoms with van der Waals surface area (Å²) in [6, 6.07) is 2.38. The van der Waals surface area contributed by atoms with E-state index in [1.54, 1.807) is 0 Å². The molecule has 3 heteroatoms. The minimum Gasteiger partial charge on any atom is -0.393 e. The van der Waals surface area contributed by atoms with Gasteiger partial charge in [0.05, 0.1) is 6.10 Å². The fourth-order valence-electron chi connectivity index (χ4n) is 3.28. The van der Waals surface area contributed by atoms with Crippen molar-refractivity contribution in [2.75, 3.05) is 13.6 Å². The van der Waals surface area contributed by atoms with E-state index in [0.717, 1.165) is 37.5 Å². The Morgan fingerprint density at radius 1 is 1.31 bits per heavy atom. The van der Waals surface area contributed by atoms with Crippen molar-refractivity contribution in [3.8, 4) is 0 Å². The van der Waals surface area contributed by atoms with Gasteiger partial charge in [0, 0.05) is 18.1 Å². The zero-order chi connectivity index (χ0) is 11.5. The Morgan fingerprint density at radius 3 is 2.50 bits per heavy atom. The molecule has 0 aliphatic carbocycles. The zero-order valence-electron chi connectivity index (χ0n) is 10.7. The largest absolute Gasteiger partial charge is 0.393 e. The van der Waals surface area contributed by atoms with Gasteiger partial charge in [-0.05, 0) is 59.0 Å². The van der Waals surface area contributed by atoms with Gasteiger partial charge in [-0.25, -0.2) is 0 Å². The first-order valence-electron chi connectivity index (χ1n) is 6.80. The summed E-state index contributed by atoms with van der Waals surface area (Å²) in [5.41, 5.74) is 0. The van der Waals surface area contributed by atoms with Crippen molar-refractivity contribution in [2.45, 2.75) is 69.7 Å². The van der Waals surface area contributed by atoms with Gasteiger partial charge in [0.2, 0.25) is 0 Å². The fourth-order valence-corrected chi connectivity index (χ4v) is 3.28. The van der Waals surface area contributed by atoms with Gasteiger partial charge in [-0.1, -0.05) is 0 Å². The van der Waals surface area contributed by atoms with Gasteiger partial charge in [-0.2, -0.15) is 0 Å². The van der Waals surface area contributed by atoms with Crippen LogP contribution in [0.2, 0.25) is 0 Å². The standard InChI is InChI=1S/C13H26N2O/c1-10(16)4-3-7-14-11-8-12-5-6-13(9-11)15(12)2/h10-14,16H,3-9H2,1-2H3. The van der Waals surface area contributed by atoms with Gasteiger partial charge < -0.3 is 15.3 Å². The second kappa shape index (κ2) is 5.48. The number of fused-ring (bicyclic) bond motifs is 2. The first kappa shape index (κ1) is 12.3. The summed E-state index contributed by atoms with van der Waals surface area (Å²) in [7, 11) is 2.28. The molecule has 0 saturated carbocycles. The highest BCUT2D eigenvalue weighted by atomic mass is 16.3. The molecule has 0 aromatic carbocycles. The molecule has 0 aromatic rings. The van der Waals surface area contributed by atoms with Crippen LogP contribution in [0.3, 0.4) is 0 Å². The number of piperidine rings is 1. The molecule has 0 amide bonds. The molecule has 2 N–H and O–H groups in total. The lowest BCUT2D eigenvalue weighted by Gasteiger charge is -2.36. The molecule has 0 spiro atoms. The predicted octanol–water partition coefficient (Wildman–Crippen LogP) is 1.36. The van der Waals surface area contributed by atoms with Crippen LogP contribution in [0.1, 0.15) is 45.4 Å². The molecule has 2 bridgehead atoms. The summed E-state index contributed by atoms with van der Waals surface area (Å²) in [6.45, 7) is 2.94. The highest BCUT2D eigenvalue weighted by Gasteiger charge is 2.37. The average molecular weight is 226 g/mol. The Bertz CT molecular complexity index is 206. The van der Waals surface area contributed by atoms with E-state index in [9.17, 15) is 5.11 Å². The molecular formula is C13H26N2O. The number of nitrogens with zero attached hydrogens (tertiary/aromatic N) is 1. The Labute approximate surface area is 99.2 Å². The Morgan fingerprint density at radius 2 is 1.94 bits per heavy atom. The smallest absolute Gasteiger partial charge is 0.0512 e. The Hall–Kier alpha value is -0.120. The Kier molecular flexibility index (Phi) is 4.22.